The van der Waals surface area contributed by atoms with Crippen LogP contribution in [0.2, 0.25) is 0 Å². The molecule has 0 aliphatic carbocycles. The summed E-state index contributed by atoms with van der Waals surface area (Å²) in [7, 11) is 0. The van der Waals surface area contributed by atoms with Gasteiger partial charge in [-0.3, -0.25) is 0 Å². The number of aliphatic hydroxyl groups is 1. The Labute approximate surface area is 126 Å². The maximum absolute atomic E-state index is 9.72. The number of aromatic nitrogens is 2. The molecule has 2 aromatic rings. The highest BCUT2D eigenvalue weighted by Crippen LogP contribution is 2.29. The van der Waals surface area contributed by atoms with Gasteiger partial charge >= 0.3 is 0 Å². The molecule has 0 fully saturated rings. The number of aliphatic hydroxyl groups excluding tert-OH is 1. The first-order valence-electron chi connectivity index (χ1n) is 6.40. The molecule has 1 N–H and O–H groups in total. The highest BCUT2D eigenvalue weighted by Gasteiger charge is 2.13. The maximum Gasteiger partial charge on any atom is 0.264 e. The molecule has 0 amide bonds. The van der Waals surface area contributed by atoms with Crippen molar-refractivity contribution in [3.05, 3.63) is 40.0 Å². The van der Waals surface area contributed by atoms with Crippen molar-refractivity contribution >= 4 is 15.9 Å². The number of hydrogen-bond acceptors (Lipinski definition) is 5. The lowest BCUT2D eigenvalue weighted by atomic mass is 10.1. The van der Waals surface area contributed by atoms with Crippen LogP contribution in [0.4, 0.5) is 0 Å². The average molecular weight is 341 g/mol. The van der Waals surface area contributed by atoms with Gasteiger partial charge in [-0.2, -0.15) is 4.98 Å². The third-order valence-electron chi connectivity index (χ3n) is 2.78. The van der Waals surface area contributed by atoms with Crippen LogP contribution in [-0.2, 0) is 6.61 Å². The Bertz CT molecular complexity index is 582. The Hall–Kier alpha value is -1.40. The lowest BCUT2D eigenvalue weighted by Gasteiger charge is -2.12. The van der Waals surface area contributed by atoms with E-state index in [9.17, 15) is 5.11 Å². The number of benzene rings is 1. The van der Waals surface area contributed by atoms with Crippen LogP contribution in [0, 0.1) is 0 Å². The van der Waals surface area contributed by atoms with Crippen molar-refractivity contribution in [2.45, 2.75) is 39.4 Å². The fourth-order valence-corrected chi connectivity index (χ4v) is 2.02. The fourth-order valence-electron chi connectivity index (χ4n) is 1.68. The molecule has 1 aromatic heterocycles. The van der Waals surface area contributed by atoms with Gasteiger partial charge in [0.25, 0.3) is 5.89 Å². The summed E-state index contributed by atoms with van der Waals surface area (Å²) >= 11 is 3.38. The van der Waals surface area contributed by atoms with E-state index < -0.39 is 6.10 Å². The smallest absolute Gasteiger partial charge is 0.264 e. The minimum atomic E-state index is -0.605. The van der Waals surface area contributed by atoms with Crippen molar-refractivity contribution < 1.29 is 14.4 Å². The van der Waals surface area contributed by atoms with E-state index in [1.807, 2.05) is 32.0 Å². The highest BCUT2D eigenvalue weighted by atomic mass is 79.9. The molecule has 0 radical (unpaired) electrons. The summed E-state index contributed by atoms with van der Waals surface area (Å²) in [6, 6.07) is 5.48. The van der Waals surface area contributed by atoms with Crippen LogP contribution in [0.5, 0.6) is 5.75 Å². The Kier molecular flexibility index (Phi) is 4.77. The summed E-state index contributed by atoms with van der Waals surface area (Å²) in [5.74, 6) is 1.89. The quantitative estimate of drug-likeness (QED) is 0.900. The van der Waals surface area contributed by atoms with Gasteiger partial charge in [0.15, 0.2) is 12.4 Å². The summed E-state index contributed by atoms with van der Waals surface area (Å²) in [4.78, 5) is 4.24. The first kappa shape index (κ1) is 15.0. The third kappa shape index (κ3) is 3.58. The maximum atomic E-state index is 9.72. The molecule has 1 unspecified atom stereocenters. The van der Waals surface area contributed by atoms with Gasteiger partial charge in [0.05, 0.1) is 6.10 Å². The first-order chi connectivity index (χ1) is 9.47. The van der Waals surface area contributed by atoms with Gasteiger partial charge in [-0.05, 0) is 19.1 Å². The largest absolute Gasteiger partial charge is 0.483 e. The monoisotopic (exact) mass is 340 g/mol. The zero-order valence-corrected chi connectivity index (χ0v) is 13.2. The average Bonchev–Trinajstić information content (AvgIpc) is 2.85. The molecule has 0 bridgehead atoms. The molecule has 0 aliphatic rings. The van der Waals surface area contributed by atoms with E-state index in [2.05, 4.69) is 26.1 Å². The molecule has 20 heavy (non-hydrogen) atoms. The molecule has 0 saturated carbocycles. The van der Waals surface area contributed by atoms with Crippen molar-refractivity contribution in [1.82, 2.24) is 10.1 Å². The molecule has 2 rings (SSSR count). The lowest BCUT2D eigenvalue weighted by Crippen LogP contribution is -2.01. The van der Waals surface area contributed by atoms with Crippen molar-refractivity contribution in [3.63, 3.8) is 0 Å². The molecular weight excluding hydrogens is 324 g/mol. The SMILES string of the molecule is CC(C)c1noc(COc2cc(Br)ccc2C(C)O)n1. The predicted octanol–water partition coefficient (Wildman–Crippen LogP) is 3.59. The minimum absolute atomic E-state index is 0.176. The van der Waals surface area contributed by atoms with Crippen LogP contribution in [0.1, 0.15) is 50.1 Å². The number of halogens is 1. The molecular formula is C14H17BrN2O3. The van der Waals surface area contributed by atoms with E-state index in [1.54, 1.807) is 6.92 Å². The van der Waals surface area contributed by atoms with Crippen LogP contribution in [-0.4, -0.2) is 15.2 Å². The Morgan fingerprint density at radius 3 is 2.70 bits per heavy atom. The van der Waals surface area contributed by atoms with Crippen LogP contribution in [0.25, 0.3) is 0 Å². The van der Waals surface area contributed by atoms with Gasteiger partial charge in [-0.15, -0.1) is 0 Å². The predicted molar refractivity (Wildman–Crippen MR) is 77.5 cm³/mol. The Morgan fingerprint density at radius 1 is 1.35 bits per heavy atom. The zero-order valence-electron chi connectivity index (χ0n) is 11.6. The number of ether oxygens (including phenoxy) is 1. The second-order valence-corrected chi connectivity index (χ2v) is 5.76. The van der Waals surface area contributed by atoms with E-state index in [0.717, 1.165) is 10.0 Å². The molecule has 1 heterocycles. The molecule has 0 aliphatic heterocycles. The molecule has 6 heteroatoms. The molecule has 1 atom stereocenters. The van der Waals surface area contributed by atoms with E-state index in [4.69, 9.17) is 9.26 Å². The van der Waals surface area contributed by atoms with Gasteiger partial charge < -0.3 is 14.4 Å². The molecule has 0 spiro atoms. The van der Waals surface area contributed by atoms with Crippen LogP contribution >= 0.6 is 15.9 Å². The fraction of sp³-hybridized carbons (Fsp3) is 0.429. The Morgan fingerprint density at radius 2 is 2.10 bits per heavy atom. The third-order valence-corrected chi connectivity index (χ3v) is 3.27. The number of nitrogens with zero attached hydrogens (tertiary/aromatic N) is 2. The van der Waals surface area contributed by atoms with Crippen molar-refractivity contribution in [3.8, 4) is 5.75 Å². The van der Waals surface area contributed by atoms with Gasteiger partial charge in [-0.1, -0.05) is 41.0 Å². The number of rotatable bonds is 5. The number of hydrogen-bond donors (Lipinski definition) is 1. The van der Waals surface area contributed by atoms with Crippen molar-refractivity contribution in [2.24, 2.45) is 0 Å². The summed E-state index contributed by atoms with van der Waals surface area (Å²) in [6.45, 7) is 5.86. The van der Waals surface area contributed by atoms with E-state index in [-0.39, 0.29) is 12.5 Å². The summed E-state index contributed by atoms with van der Waals surface area (Å²) in [5.41, 5.74) is 0.719. The first-order valence-corrected chi connectivity index (χ1v) is 7.19. The summed E-state index contributed by atoms with van der Waals surface area (Å²) in [6.07, 6.45) is -0.605. The summed E-state index contributed by atoms with van der Waals surface area (Å²) < 4.78 is 11.7. The van der Waals surface area contributed by atoms with Crippen LogP contribution in [0.3, 0.4) is 0 Å². The zero-order chi connectivity index (χ0) is 14.7. The summed E-state index contributed by atoms with van der Waals surface area (Å²) in [5, 5.41) is 13.6. The molecule has 1 aromatic carbocycles. The van der Waals surface area contributed by atoms with Gasteiger partial charge in [0, 0.05) is 16.0 Å². The van der Waals surface area contributed by atoms with Crippen molar-refractivity contribution in [1.29, 1.82) is 0 Å². The van der Waals surface area contributed by atoms with E-state index in [1.165, 1.54) is 0 Å². The Balaban J connectivity index is 2.11. The highest BCUT2D eigenvalue weighted by molar-refractivity contribution is 9.10. The topological polar surface area (TPSA) is 68.4 Å². The van der Waals surface area contributed by atoms with Crippen LogP contribution in [0.15, 0.2) is 27.2 Å². The minimum Gasteiger partial charge on any atom is -0.483 e. The van der Waals surface area contributed by atoms with E-state index in [0.29, 0.717) is 17.5 Å². The second-order valence-electron chi connectivity index (χ2n) is 4.85. The van der Waals surface area contributed by atoms with Gasteiger partial charge in [0.1, 0.15) is 5.75 Å². The standard InChI is InChI=1S/C14H17BrN2O3/c1-8(2)14-16-13(20-17-14)7-19-12-6-10(15)4-5-11(12)9(3)18/h4-6,8-9,18H,7H2,1-3H3. The molecule has 5 nitrogen and oxygen atoms in total. The lowest BCUT2D eigenvalue weighted by molar-refractivity contribution is 0.185. The van der Waals surface area contributed by atoms with Gasteiger partial charge in [-0.25, -0.2) is 0 Å². The molecule has 0 saturated heterocycles. The van der Waals surface area contributed by atoms with Crippen LogP contribution < -0.4 is 4.74 Å². The second kappa shape index (κ2) is 6.37. The van der Waals surface area contributed by atoms with E-state index >= 15 is 0 Å². The van der Waals surface area contributed by atoms with Crippen molar-refractivity contribution in [2.75, 3.05) is 0 Å². The van der Waals surface area contributed by atoms with Gasteiger partial charge in [0.2, 0.25) is 0 Å². The normalized spacial score (nSPS) is 12.7. The molecule has 108 valence electrons.